The molecule has 34 heavy (non-hydrogen) atoms. The first-order valence-corrected chi connectivity index (χ1v) is 12.3. The molecule has 1 aromatic heterocycles. The van der Waals surface area contributed by atoms with Crippen LogP contribution in [-0.4, -0.2) is 47.2 Å². The molecule has 0 bridgehead atoms. The molecule has 1 saturated heterocycles. The maximum absolute atomic E-state index is 13.2. The van der Waals surface area contributed by atoms with Crippen LogP contribution in [0.5, 0.6) is 0 Å². The molecule has 0 aliphatic carbocycles. The van der Waals surface area contributed by atoms with E-state index in [0.29, 0.717) is 18.0 Å². The molecular formula is C24H34F2N4O3S. The number of aryl methyl sites for hydroxylation is 1. The molecule has 10 heteroatoms. The molecule has 1 fully saturated rings. The van der Waals surface area contributed by atoms with E-state index in [4.69, 9.17) is 0 Å². The highest BCUT2D eigenvalue weighted by Crippen LogP contribution is 2.15. The topological polar surface area (TPSA) is 91.4 Å². The quantitative estimate of drug-likeness (QED) is 0.528. The largest absolute Gasteiger partial charge is 0.345 e. The predicted octanol–water partition coefficient (Wildman–Crippen LogP) is 4.46. The van der Waals surface area contributed by atoms with Crippen molar-refractivity contribution < 1.29 is 23.2 Å². The summed E-state index contributed by atoms with van der Waals surface area (Å²) in [5.41, 5.74) is 1.01. The fourth-order valence-electron chi connectivity index (χ4n) is 3.15. The molecule has 2 N–H and O–H groups in total. The van der Waals surface area contributed by atoms with Crippen molar-refractivity contribution in [2.45, 2.75) is 65.8 Å². The highest BCUT2D eigenvalue weighted by Gasteiger charge is 2.21. The van der Waals surface area contributed by atoms with Gasteiger partial charge in [0.15, 0.2) is 5.13 Å². The Morgan fingerprint density at radius 2 is 1.79 bits per heavy atom. The monoisotopic (exact) mass is 496 g/mol. The summed E-state index contributed by atoms with van der Waals surface area (Å²) in [6.07, 6.45) is 4.23. The van der Waals surface area contributed by atoms with Crippen LogP contribution < -0.4 is 10.6 Å². The van der Waals surface area contributed by atoms with Crippen molar-refractivity contribution >= 4 is 34.7 Å². The van der Waals surface area contributed by atoms with Crippen LogP contribution in [0, 0.1) is 18.6 Å². The maximum atomic E-state index is 13.2. The lowest BCUT2D eigenvalue weighted by Gasteiger charge is -2.17. The van der Waals surface area contributed by atoms with Gasteiger partial charge in [-0.15, -0.1) is 11.3 Å². The summed E-state index contributed by atoms with van der Waals surface area (Å²) in [5.74, 6) is -2.33. The van der Waals surface area contributed by atoms with E-state index in [2.05, 4.69) is 15.6 Å². The number of hydrogen-bond donors (Lipinski definition) is 2. The summed E-state index contributed by atoms with van der Waals surface area (Å²) < 4.78 is 26.4. The smallest absolute Gasteiger partial charge is 0.248 e. The van der Waals surface area contributed by atoms with Gasteiger partial charge in [0.2, 0.25) is 18.2 Å². The van der Waals surface area contributed by atoms with E-state index in [1.165, 1.54) is 24.2 Å². The SMILES string of the molecule is CC.CCC[C@H](NC(=O)Cc1cc(F)cc(F)c1)C(=O)Nc1nc(C)cs1.O=CN1CCCC1. The van der Waals surface area contributed by atoms with Crippen molar-refractivity contribution in [3.05, 3.63) is 46.5 Å². The van der Waals surface area contributed by atoms with Gasteiger partial charge in [0.25, 0.3) is 0 Å². The van der Waals surface area contributed by atoms with E-state index in [1.54, 1.807) is 4.90 Å². The van der Waals surface area contributed by atoms with Crippen molar-refractivity contribution in [1.82, 2.24) is 15.2 Å². The van der Waals surface area contributed by atoms with Crippen LogP contribution in [-0.2, 0) is 20.8 Å². The summed E-state index contributed by atoms with van der Waals surface area (Å²) in [6.45, 7) is 9.66. The molecule has 2 heterocycles. The number of nitrogens with zero attached hydrogens (tertiary/aromatic N) is 2. The molecular weight excluding hydrogens is 462 g/mol. The van der Waals surface area contributed by atoms with Gasteiger partial charge in [0.05, 0.1) is 12.1 Å². The minimum Gasteiger partial charge on any atom is -0.345 e. The molecule has 0 saturated carbocycles. The first kappa shape index (κ1) is 29.2. The fraction of sp³-hybridized carbons (Fsp3) is 0.500. The Hall–Kier alpha value is -2.88. The number of aromatic nitrogens is 1. The van der Waals surface area contributed by atoms with Gasteiger partial charge in [0, 0.05) is 24.5 Å². The molecule has 0 spiro atoms. The van der Waals surface area contributed by atoms with Crippen LogP contribution in [0.2, 0.25) is 0 Å². The Morgan fingerprint density at radius 3 is 2.26 bits per heavy atom. The van der Waals surface area contributed by atoms with Gasteiger partial charge in [-0.25, -0.2) is 13.8 Å². The Balaban J connectivity index is 0.000000540. The van der Waals surface area contributed by atoms with Crippen LogP contribution in [0.3, 0.4) is 0 Å². The summed E-state index contributed by atoms with van der Waals surface area (Å²) in [7, 11) is 0. The van der Waals surface area contributed by atoms with Gasteiger partial charge in [-0.05, 0) is 43.9 Å². The molecule has 7 nitrogen and oxygen atoms in total. The molecule has 2 aromatic rings. The molecule has 3 amide bonds. The normalized spacial score (nSPS) is 13.1. The third kappa shape index (κ3) is 10.8. The molecule has 3 rings (SSSR count). The average Bonchev–Trinajstić information content (AvgIpc) is 3.46. The second-order valence-corrected chi connectivity index (χ2v) is 8.35. The zero-order valence-electron chi connectivity index (χ0n) is 20.2. The Labute approximate surface area is 204 Å². The third-order valence-corrected chi connectivity index (χ3v) is 5.53. The summed E-state index contributed by atoms with van der Waals surface area (Å²) in [5, 5.41) is 7.55. The maximum Gasteiger partial charge on any atom is 0.248 e. The Kier molecular flexibility index (Phi) is 13.6. The molecule has 0 radical (unpaired) electrons. The predicted molar refractivity (Wildman–Crippen MR) is 131 cm³/mol. The number of amides is 3. The van der Waals surface area contributed by atoms with Crippen molar-refractivity contribution in [1.29, 1.82) is 0 Å². The van der Waals surface area contributed by atoms with Crippen molar-refractivity contribution in [3.8, 4) is 0 Å². The second-order valence-electron chi connectivity index (χ2n) is 7.50. The lowest BCUT2D eigenvalue weighted by molar-refractivity contribution is -0.126. The van der Waals surface area contributed by atoms with Crippen molar-refractivity contribution in [3.63, 3.8) is 0 Å². The average molecular weight is 497 g/mol. The third-order valence-electron chi connectivity index (χ3n) is 4.65. The van der Waals surface area contributed by atoms with Crippen LogP contribution in [0.15, 0.2) is 23.6 Å². The first-order valence-electron chi connectivity index (χ1n) is 11.5. The van der Waals surface area contributed by atoms with Crippen molar-refractivity contribution in [2.24, 2.45) is 0 Å². The Morgan fingerprint density at radius 1 is 1.18 bits per heavy atom. The number of halogens is 2. The molecule has 1 aliphatic heterocycles. The lowest BCUT2D eigenvalue weighted by Crippen LogP contribution is -2.44. The number of benzene rings is 1. The van der Waals surface area contributed by atoms with E-state index in [1.807, 2.05) is 33.1 Å². The van der Waals surface area contributed by atoms with Gasteiger partial charge < -0.3 is 15.5 Å². The number of nitrogens with one attached hydrogen (secondary N) is 2. The zero-order valence-corrected chi connectivity index (χ0v) is 21.0. The second kappa shape index (κ2) is 15.9. The van der Waals surface area contributed by atoms with Gasteiger partial charge in [0.1, 0.15) is 17.7 Å². The van der Waals surface area contributed by atoms with Gasteiger partial charge in [-0.3, -0.25) is 14.4 Å². The van der Waals surface area contributed by atoms with Crippen molar-refractivity contribution in [2.75, 3.05) is 18.4 Å². The summed E-state index contributed by atoms with van der Waals surface area (Å²) in [4.78, 5) is 40.3. The van der Waals surface area contributed by atoms with E-state index in [0.717, 1.165) is 43.4 Å². The van der Waals surface area contributed by atoms with E-state index < -0.39 is 23.6 Å². The van der Waals surface area contributed by atoms with Gasteiger partial charge in [-0.2, -0.15) is 0 Å². The van der Waals surface area contributed by atoms with Crippen LogP contribution >= 0.6 is 11.3 Å². The highest BCUT2D eigenvalue weighted by atomic mass is 32.1. The lowest BCUT2D eigenvalue weighted by atomic mass is 10.1. The summed E-state index contributed by atoms with van der Waals surface area (Å²) in [6, 6.07) is 2.19. The molecule has 0 unspecified atom stereocenters. The van der Waals surface area contributed by atoms with E-state index in [9.17, 15) is 23.2 Å². The van der Waals surface area contributed by atoms with Crippen LogP contribution in [0.1, 0.15) is 57.7 Å². The molecule has 1 atom stereocenters. The Bertz CT molecular complexity index is 897. The van der Waals surface area contributed by atoms with E-state index in [-0.39, 0.29) is 17.9 Å². The van der Waals surface area contributed by atoms with Gasteiger partial charge >= 0.3 is 0 Å². The number of carbonyl (C=O) groups is 3. The first-order chi connectivity index (χ1) is 16.3. The standard InChI is InChI=1S/C17H19F2N3O2S.C5H9NO.C2H6/c1-3-4-14(16(24)22-17-20-10(2)9-25-17)21-15(23)7-11-5-12(18)8-13(19)6-11;7-5-6-3-1-2-4-6;1-2/h5-6,8-9,14H,3-4,7H2,1-2H3,(H,21,23)(H,20,22,24);5H,1-4H2;1-2H3/t14-;;/m0../s1. The fourth-order valence-corrected chi connectivity index (χ4v) is 3.84. The summed E-state index contributed by atoms with van der Waals surface area (Å²) >= 11 is 1.30. The van der Waals surface area contributed by atoms with Crippen LogP contribution in [0.4, 0.5) is 13.9 Å². The molecule has 1 aromatic carbocycles. The number of rotatable bonds is 8. The zero-order chi connectivity index (χ0) is 25.5. The van der Waals surface area contributed by atoms with Gasteiger partial charge in [-0.1, -0.05) is 27.2 Å². The highest BCUT2D eigenvalue weighted by molar-refractivity contribution is 7.13. The number of anilines is 1. The van der Waals surface area contributed by atoms with E-state index >= 15 is 0 Å². The minimum atomic E-state index is -0.746. The number of hydrogen-bond acceptors (Lipinski definition) is 5. The number of carbonyl (C=O) groups excluding carboxylic acids is 3. The molecule has 1 aliphatic rings. The van der Waals surface area contributed by atoms with Crippen LogP contribution in [0.25, 0.3) is 0 Å². The minimum absolute atomic E-state index is 0.209. The number of likely N-dealkylation sites (tertiary alicyclic amines) is 1. The number of thiazole rings is 1. The molecule has 188 valence electrons.